The summed E-state index contributed by atoms with van der Waals surface area (Å²) >= 11 is 0. The number of ketones is 1. The Morgan fingerprint density at radius 2 is 1.84 bits per heavy atom. The number of rotatable bonds is 4. The number of esters is 1. The van der Waals surface area contributed by atoms with E-state index in [1.54, 1.807) is 25.1 Å². The van der Waals surface area contributed by atoms with Crippen LogP contribution in [0.4, 0.5) is 5.69 Å². The number of amides is 1. The van der Waals surface area contributed by atoms with E-state index in [4.69, 9.17) is 0 Å². The van der Waals surface area contributed by atoms with Crippen LogP contribution >= 0.6 is 0 Å². The van der Waals surface area contributed by atoms with Crippen molar-refractivity contribution < 1.29 is 19.1 Å². The molecule has 1 aromatic rings. The van der Waals surface area contributed by atoms with Gasteiger partial charge in [-0.15, -0.1) is 0 Å². The molecule has 5 nitrogen and oxygen atoms in total. The van der Waals surface area contributed by atoms with Crippen LogP contribution in [0.2, 0.25) is 0 Å². The van der Waals surface area contributed by atoms with Crippen LogP contribution in [0.25, 0.3) is 0 Å². The van der Waals surface area contributed by atoms with Crippen molar-refractivity contribution >= 4 is 23.3 Å². The SMILES string of the molecule is C.CC(=O)OCC(=O)Nc1ccc(C(C)=O)c(C)c1. The highest BCUT2D eigenvalue weighted by atomic mass is 16.5. The molecule has 0 fully saturated rings. The summed E-state index contributed by atoms with van der Waals surface area (Å²) < 4.78 is 4.56. The van der Waals surface area contributed by atoms with Gasteiger partial charge >= 0.3 is 5.97 Å². The average molecular weight is 265 g/mol. The molecule has 1 aromatic carbocycles. The maximum Gasteiger partial charge on any atom is 0.303 e. The molecule has 1 rings (SSSR count). The van der Waals surface area contributed by atoms with Gasteiger partial charge in [0.05, 0.1) is 0 Å². The Balaban J connectivity index is 0.00000324. The molecule has 0 aliphatic rings. The zero-order valence-corrected chi connectivity index (χ0v) is 10.6. The number of hydrogen-bond acceptors (Lipinski definition) is 4. The Morgan fingerprint density at radius 3 is 2.32 bits per heavy atom. The van der Waals surface area contributed by atoms with Crippen molar-refractivity contribution in [1.29, 1.82) is 0 Å². The van der Waals surface area contributed by atoms with Crippen LogP contribution in [0.15, 0.2) is 18.2 Å². The quantitative estimate of drug-likeness (QED) is 0.670. The van der Waals surface area contributed by atoms with Gasteiger partial charge in [0.15, 0.2) is 12.4 Å². The standard InChI is InChI=1S/C13H15NO4.CH4/c1-8-6-11(4-5-12(8)9(2)15)14-13(17)7-18-10(3)16;/h4-6H,7H2,1-3H3,(H,14,17);1H4. The molecule has 0 unspecified atom stereocenters. The van der Waals surface area contributed by atoms with Crippen LogP contribution in [0.5, 0.6) is 0 Å². The summed E-state index contributed by atoms with van der Waals surface area (Å²) in [6.07, 6.45) is 0. The maximum atomic E-state index is 11.4. The number of benzene rings is 1. The summed E-state index contributed by atoms with van der Waals surface area (Å²) in [5, 5.41) is 2.58. The van der Waals surface area contributed by atoms with Crippen molar-refractivity contribution in [3.05, 3.63) is 29.3 Å². The number of hydrogen-bond donors (Lipinski definition) is 1. The highest BCUT2D eigenvalue weighted by Gasteiger charge is 2.07. The summed E-state index contributed by atoms with van der Waals surface area (Å²) in [6, 6.07) is 4.98. The summed E-state index contributed by atoms with van der Waals surface area (Å²) in [5.41, 5.74) is 1.97. The van der Waals surface area contributed by atoms with E-state index in [1.165, 1.54) is 13.8 Å². The molecule has 0 aliphatic heterocycles. The van der Waals surface area contributed by atoms with Gasteiger partial charge in [-0.3, -0.25) is 14.4 Å². The van der Waals surface area contributed by atoms with Crippen molar-refractivity contribution in [2.45, 2.75) is 28.2 Å². The molecule has 19 heavy (non-hydrogen) atoms. The van der Waals surface area contributed by atoms with Gasteiger partial charge in [-0.25, -0.2) is 0 Å². The van der Waals surface area contributed by atoms with Gasteiger partial charge < -0.3 is 10.1 Å². The van der Waals surface area contributed by atoms with E-state index in [1.807, 2.05) is 0 Å². The summed E-state index contributed by atoms with van der Waals surface area (Å²) in [7, 11) is 0. The molecular formula is C14H19NO4. The van der Waals surface area contributed by atoms with E-state index in [0.29, 0.717) is 11.3 Å². The van der Waals surface area contributed by atoms with E-state index in [0.717, 1.165) is 5.56 Å². The molecule has 1 N–H and O–H groups in total. The molecule has 5 heteroatoms. The van der Waals surface area contributed by atoms with E-state index in [9.17, 15) is 14.4 Å². The fourth-order valence-electron chi connectivity index (χ4n) is 1.50. The van der Waals surface area contributed by atoms with Crippen molar-refractivity contribution in [2.75, 3.05) is 11.9 Å². The minimum absolute atomic E-state index is 0. The van der Waals surface area contributed by atoms with Crippen LogP contribution in [-0.4, -0.2) is 24.3 Å². The van der Waals surface area contributed by atoms with Gasteiger partial charge in [0.25, 0.3) is 5.91 Å². The molecule has 0 atom stereocenters. The van der Waals surface area contributed by atoms with E-state index in [2.05, 4.69) is 10.1 Å². The molecule has 0 spiro atoms. The third-order valence-electron chi connectivity index (χ3n) is 2.30. The third-order valence-corrected chi connectivity index (χ3v) is 2.30. The molecule has 0 radical (unpaired) electrons. The van der Waals surface area contributed by atoms with Crippen molar-refractivity contribution in [3.63, 3.8) is 0 Å². The van der Waals surface area contributed by atoms with Crippen LogP contribution in [0, 0.1) is 6.92 Å². The topological polar surface area (TPSA) is 72.5 Å². The van der Waals surface area contributed by atoms with Crippen LogP contribution in [0.3, 0.4) is 0 Å². The third kappa shape index (κ3) is 5.33. The number of nitrogens with one attached hydrogen (secondary N) is 1. The molecule has 1 amide bonds. The first-order valence-corrected chi connectivity index (χ1v) is 5.45. The van der Waals surface area contributed by atoms with Crippen molar-refractivity contribution in [2.24, 2.45) is 0 Å². The van der Waals surface area contributed by atoms with Gasteiger partial charge in [-0.05, 0) is 37.6 Å². The lowest BCUT2D eigenvalue weighted by atomic mass is 10.0. The highest BCUT2D eigenvalue weighted by Crippen LogP contribution is 2.15. The first-order chi connectivity index (χ1) is 8.40. The number of anilines is 1. The Hall–Kier alpha value is -2.17. The predicted molar refractivity (Wildman–Crippen MR) is 73.2 cm³/mol. The monoisotopic (exact) mass is 265 g/mol. The average Bonchev–Trinajstić information content (AvgIpc) is 2.26. The molecule has 0 heterocycles. The molecule has 104 valence electrons. The minimum Gasteiger partial charge on any atom is -0.456 e. The largest absolute Gasteiger partial charge is 0.456 e. The maximum absolute atomic E-state index is 11.4. The van der Waals surface area contributed by atoms with Crippen LogP contribution in [-0.2, 0) is 14.3 Å². The fraction of sp³-hybridized carbons (Fsp3) is 0.357. The molecular weight excluding hydrogens is 246 g/mol. The smallest absolute Gasteiger partial charge is 0.303 e. The van der Waals surface area contributed by atoms with Gasteiger partial charge in [0, 0.05) is 18.2 Å². The summed E-state index contributed by atoms with van der Waals surface area (Å²) in [6.45, 7) is 4.20. The molecule has 0 aromatic heterocycles. The van der Waals surface area contributed by atoms with Crippen LogP contribution in [0.1, 0.15) is 37.2 Å². The van der Waals surface area contributed by atoms with Crippen molar-refractivity contribution in [1.82, 2.24) is 0 Å². The van der Waals surface area contributed by atoms with E-state index in [-0.39, 0.29) is 19.8 Å². The fourth-order valence-corrected chi connectivity index (χ4v) is 1.50. The lowest BCUT2D eigenvalue weighted by Crippen LogP contribution is -2.19. The highest BCUT2D eigenvalue weighted by molar-refractivity contribution is 5.97. The molecule has 0 saturated heterocycles. The second-order valence-corrected chi connectivity index (χ2v) is 3.91. The first-order valence-electron chi connectivity index (χ1n) is 5.45. The number of aryl methyl sites for hydroxylation is 1. The van der Waals surface area contributed by atoms with Crippen molar-refractivity contribution in [3.8, 4) is 0 Å². The van der Waals surface area contributed by atoms with Gasteiger partial charge in [-0.2, -0.15) is 0 Å². The predicted octanol–water partition coefficient (Wildman–Crippen LogP) is 2.34. The molecule has 0 bridgehead atoms. The molecule has 0 aliphatic carbocycles. The Kier molecular flexibility index (Phi) is 6.47. The number of carbonyl (C=O) groups excluding carboxylic acids is 3. The number of carbonyl (C=O) groups is 3. The Morgan fingerprint density at radius 1 is 1.21 bits per heavy atom. The number of Topliss-reactive ketones (excluding diaryl/α,β-unsaturated/α-hetero) is 1. The Bertz CT molecular complexity index is 494. The second-order valence-electron chi connectivity index (χ2n) is 3.91. The lowest BCUT2D eigenvalue weighted by Gasteiger charge is -2.08. The summed E-state index contributed by atoms with van der Waals surface area (Å²) in [5.74, 6) is -0.946. The van der Waals surface area contributed by atoms with Crippen LogP contribution < -0.4 is 5.32 Å². The van der Waals surface area contributed by atoms with E-state index >= 15 is 0 Å². The minimum atomic E-state index is -0.506. The summed E-state index contributed by atoms with van der Waals surface area (Å²) in [4.78, 5) is 33.2. The first kappa shape index (κ1) is 16.8. The van der Waals surface area contributed by atoms with Gasteiger partial charge in [0.2, 0.25) is 0 Å². The van der Waals surface area contributed by atoms with Gasteiger partial charge in [-0.1, -0.05) is 7.43 Å². The molecule has 0 saturated carbocycles. The normalized spacial score (nSPS) is 9.21. The zero-order valence-electron chi connectivity index (χ0n) is 10.6. The van der Waals surface area contributed by atoms with E-state index < -0.39 is 11.9 Å². The Labute approximate surface area is 113 Å². The number of ether oxygens (including phenoxy) is 1. The van der Waals surface area contributed by atoms with Gasteiger partial charge in [0.1, 0.15) is 0 Å². The zero-order chi connectivity index (χ0) is 13.7. The lowest BCUT2D eigenvalue weighted by molar-refractivity contribution is -0.144. The second kappa shape index (κ2) is 7.31.